The maximum Gasteiger partial charge on any atom is 0.279 e. The van der Waals surface area contributed by atoms with E-state index in [0.29, 0.717) is 22.8 Å². The normalized spacial score (nSPS) is 10.1. The fourth-order valence-electron chi connectivity index (χ4n) is 1.57. The lowest BCUT2D eigenvalue weighted by Gasteiger charge is -2.07. The second-order valence-electron chi connectivity index (χ2n) is 4.10. The maximum absolute atomic E-state index is 11.9. The molecule has 2 aromatic rings. The molecule has 2 rings (SSSR count). The van der Waals surface area contributed by atoms with Gasteiger partial charge in [-0.25, -0.2) is 0 Å². The summed E-state index contributed by atoms with van der Waals surface area (Å²) in [5.41, 5.74) is 5.18. The third kappa shape index (κ3) is 4.31. The van der Waals surface area contributed by atoms with E-state index < -0.39 is 5.91 Å². The van der Waals surface area contributed by atoms with E-state index in [2.05, 4.69) is 42.7 Å². The van der Waals surface area contributed by atoms with E-state index in [9.17, 15) is 9.59 Å². The van der Waals surface area contributed by atoms with Crippen molar-refractivity contribution in [2.75, 3.05) is 6.61 Å². The van der Waals surface area contributed by atoms with E-state index in [4.69, 9.17) is 4.74 Å². The highest BCUT2D eigenvalue weighted by molar-refractivity contribution is 9.13. The summed E-state index contributed by atoms with van der Waals surface area (Å²) in [6.45, 7) is 2.45. The number of halogens is 2. The highest BCUT2D eigenvalue weighted by Gasteiger charge is 2.13. The summed E-state index contributed by atoms with van der Waals surface area (Å²) in [4.78, 5) is 24.3. The topological polar surface area (TPSA) is 67.4 Å². The number of amides is 2. The Balaban J connectivity index is 1.93. The van der Waals surface area contributed by atoms with Crippen LogP contribution in [0.4, 0.5) is 0 Å². The Kier molecular flexibility index (Phi) is 5.98. The molecule has 2 amide bonds. The SMILES string of the molecule is CCOc1ccc(C(=O)NNC(=O)c2cc(Br)c(Br)s2)cc1. The maximum atomic E-state index is 11.9. The first kappa shape index (κ1) is 17.0. The van der Waals surface area contributed by atoms with Gasteiger partial charge >= 0.3 is 0 Å². The number of hydrogen-bond acceptors (Lipinski definition) is 4. The molecule has 0 aliphatic rings. The van der Waals surface area contributed by atoms with Crippen molar-refractivity contribution in [3.8, 4) is 5.75 Å². The van der Waals surface area contributed by atoms with Gasteiger partial charge in [0.05, 0.1) is 15.3 Å². The minimum absolute atomic E-state index is 0.379. The molecule has 0 fully saturated rings. The Morgan fingerprint density at radius 2 is 1.77 bits per heavy atom. The summed E-state index contributed by atoms with van der Waals surface area (Å²) in [5, 5.41) is 0. The smallest absolute Gasteiger partial charge is 0.279 e. The minimum atomic E-state index is -0.397. The molecule has 22 heavy (non-hydrogen) atoms. The molecule has 1 aromatic heterocycles. The predicted molar refractivity (Wildman–Crippen MR) is 92.3 cm³/mol. The minimum Gasteiger partial charge on any atom is -0.494 e. The summed E-state index contributed by atoms with van der Waals surface area (Å²) in [7, 11) is 0. The lowest BCUT2D eigenvalue weighted by Crippen LogP contribution is -2.41. The second kappa shape index (κ2) is 7.75. The van der Waals surface area contributed by atoms with E-state index in [0.717, 1.165) is 8.26 Å². The molecule has 0 radical (unpaired) electrons. The van der Waals surface area contributed by atoms with Crippen LogP contribution in [0.3, 0.4) is 0 Å². The number of nitrogens with one attached hydrogen (secondary N) is 2. The van der Waals surface area contributed by atoms with Crippen molar-refractivity contribution in [2.45, 2.75) is 6.92 Å². The Morgan fingerprint density at radius 1 is 1.14 bits per heavy atom. The van der Waals surface area contributed by atoms with E-state index in [1.807, 2.05) is 6.92 Å². The molecule has 5 nitrogen and oxygen atoms in total. The summed E-state index contributed by atoms with van der Waals surface area (Å²) < 4.78 is 6.91. The molecular weight excluding hydrogens is 436 g/mol. The van der Waals surface area contributed by atoms with E-state index in [1.54, 1.807) is 30.3 Å². The van der Waals surface area contributed by atoms with Crippen LogP contribution < -0.4 is 15.6 Å². The predicted octanol–water partition coefficient (Wildman–Crippen LogP) is 3.75. The molecule has 0 aliphatic carbocycles. The number of rotatable bonds is 4. The van der Waals surface area contributed by atoms with Gasteiger partial charge in [-0.3, -0.25) is 20.4 Å². The molecule has 0 atom stereocenters. The molecular formula is C14H12Br2N2O3S. The molecule has 8 heteroatoms. The Labute approximate surface area is 148 Å². The first-order valence-electron chi connectivity index (χ1n) is 6.29. The molecule has 2 N–H and O–H groups in total. The zero-order valence-corrected chi connectivity index (χ0v) is 15.5. The van der Waals surface area contributed by atoms with Crippen LogP contribution in [0.15, 0.2) is 38.6 Å². The largest absolute Gasteiger partial charge is 0.494 e. The van der Waals surface area contributed by atoms with Crippen LogP contribution in [0.5, 0.6) is 5.75 Å². The zero-order chi connectivity index (χ0) is 16.1. The van der Waals surface area contributed by atoms with Gasteiger partial charge in [0.15, 0.2) is 0 Å². The fourth-order valence-corrected chi connectivity index (χ4v) is 3.51. The van der Waals surface area contributed by atoms with Crippen LogP contribution >= 0.6 is 43.2 Å². The van der Waals surface area contributed by atoms with Crippen LogP contribution in [-0.4, -0.2) is 18.4 Å². The van der Waals surface area contributed by atoms with Crippen molar-refractivity contribution in [1.29, 1.82) is 0 Å². The molecule has 0 saturated heterocycles. The van der Waals surface area contributed by atoms with Crippen LogP contribution in [0.25, 0.3) is 0 Å². The summed E-state index contributed by atoms with van der Waals surface area (Å²) in [5.74, 6) is -0.0851. The van der Waals surface area contributed by atoms with Crippen LogP contribution in [0.2, 0.25) is 0 Å². The number of carbonyl (C=O) groups excluding carboxylic acids is 2. The van der Waals surface area contributed by atoms with Gasteiger partial charge in [-0.15, -0.1) is 11.3 Å². The third-order valence-corrected chi connectivity index (χ3v) is 5.84. The molecule has 116 valence electrons. The summed E-state index contributed by atoms with van der Waals surface area (Å²) in [6, 6.07) is 8.34. The van der Waals surface area contributed by atoms with Crippen molar-refractivity contribution >= 4 is 55.0 Å². The molecule has 0 aliphatic heterocycles. The summed E-state index contributed by atoms with van der Waals surface area (Å²) in [6.07, 6.45) is 0. The zero-order valence-electron chi connectivity index (χ0n) is 11.5. The van der Waals surface area contributed by atoms with Gasteiger partial charge in [-0.2, -0.15) is 0 Å². The first-order chi connectivity index (χ1) is 10.5. The molecule has 1 aromatic carbocycles. The van der Waals surface area contributed by atoms with Gasteiger partial charge in [-0.05, 0) is 69.1 Å². The second-order valence-corrected chi connectivity index (χ2v) is 7.32. The Hall–Kier alpha value is -1.38. The lowest BCUT2D eigenvalue weighted by atomic mass is 10.2. The molecule has 0 bridgehead atoms. The number of hydrogen-bond donors (Lipinski definition) is 2. The fraction of sp³-hybridized carbons (Fsp3) is 0.143. The monoisotopic (exact) mass is 446 g/mol. The molecule has 1 heterocycles. The van der Waals surface area contributed by atoms with Crippen molar-refractivity contribution < 1.29 is 14.3 Å². The molecule has 0 spiro atoms. The average molecular weight is 448 g/mol. The highest BCUT2D eigenvalue weighted by atomic mass is 79.9. The molecule has 0 unspecified atom stereocenters. The van der Waals surface area contributed by atoms with Crippen LogP contribution in [0, 0.1) is 0 Å². The van der Waals surface area contributed by atoms with Gasteiger partial charge in [-0.1, -0.05) is 0 Å². The number of ether oxygens (including phenoxy) is 1. The number of hydrazine groups is 1. The summed E-state index contributed by atoms with van der Waals surface area (Å²) >= 11 is 7.89. The van der Waals surface area contributed by atoms with Crippen molar-refractivity contribution in [3.05, 3.63) is 49.0 Å². The van der Waals surface area contributed by atoms with Gasteiger partial charge in [0.1, 0.15) is 5.75 Å². The molecule has 0 saturated carbocycles. The van der Waals surface area contributed by atoms with E-state index >= 15 is 0 Å². The average Bonchev–Trinajstić information content (AvgIpc) is 2.85. The quantitative estimate of drug-likeness (QED) is 0.701. The lowest BCUT2D eigenvalue weighted by molar-refractivity contribution is 0.0849. The van der Waals surface area contributed by atoms with Crippen molar-refractivity contribution in [1.82, 2.24) is 10.9 Å². The number of benzene rings is 1. The van der Waals surface area contributed by atoms with Gasteiger partial charge in [0.25, 0.3) is 11.8 Å². The number of thiophene rings is 1. The van der Waals surface area contributed by atoms with E-state index in [-0.39, 0.29) is 5.91 Å². The van der Waals surface area contributed by atoms with Crippen molar-refractivity contribution in [2.24, 2.45) is 0 Å². The van der Waals surface area contributed by atoms with Gasteiger partial charge in [0.2, 0.25) is 0 Å². The van der Waals surface area contributed by atoms with Gasteiger partial charge in [0, 0.05) is 10.0 Å². The Morgan fingerprint density at radius 3 is 2.32 bits per heavy atom. The first-order valence-corrected chi connectivity index (χ1v) is 8.70. The van der Waals surface area contributed by atoms with Crippen molar-refractivity contribution in [3.63, 3.8) is 0 Å². The van der Waals surface area contributed by atoms with Crippen LogP contribution in [-0.2, 0) is 0 Å². The highest BCUT2D eigenvalue weighted by Crippen LogP contribution is 2.32. The van der Waals surface area contributed by atoms with Gasteiger partial charge < -0.3 is 4.74 Å². The standard InChI is InChI=1S/C14H12Br2N2O3S/c1-2-21-9-5-3-8(4-6-9)13(19)17-18-14(20)11-7-10(15)12(16)22-11/h3-7H,2H2,1H3,(H,17,19)(H,18,20). The van der Waals surface area contributed by atoms with Crippen LogP contribution in [0.1, 0.15) is 27.0 Å². The third-order valence-electron chi connectivity index (χ3n) is 2.59. The van der Waals surface area contributed by atoms with E-state index in [1.165, 1.54) is 11.3 Å². The Bertz CT molecular complexity index is 666. The number of carbonyl (C=O) groups is 2.